The van der Waals surface area contributed by atoms with E-state index < -0.39 is 17.7 Å². The summed E-state index contributed by atoms with van der Waals surface area (Å²) >= 11 is 0. The lowest BCUT2D eigenvalue weighted by atomic mass is 10.1. The van der Waals surface area contributed by atoms with Gasteiger partial charge < -0.3 is 20.0 Å². The smallest absolute Gasteiger partial charge is 0.353 e. The average Bonchev–Trinajstić information content (AvgIpc) is 2.83. The number of aliphatic carboxylic acids is 1. The van der Waals surface area contributed by atoms with E-state index >= 15 is 0 Å². The number of amides is 1. The van der Waals surface area contributed by atoms with Crippen LogP contribution in [0, 0.1) is 0 Å². The molecule has 0 spiro atoms. The van der Waals surface area contributed by atoms with E-state index in [9.17, 15) is 14.7 Å². The van der Waals surface area contributed by atoms with Gasteiger partial charge in [0, 0.05) is 19.5 Å². The van der Waals surface area contributed by atoms with E-state index in [1.54, 1.807) is 6.92 Å². The van der Waals surface area contributed by atoms with Gasteiger partial charge in [0.05, 0.1) is 5.60 Å². The van der Waals surface area contributed by atoms with Crippen molar-refractivity contribution in [3.05, 3.63) is 0 Å². The van der Waals surface area contributed by atoms with E-state index in [1.165, 1.54) is 4.90 Å². The molecule has 17 heavy (non-hydrogen) atoms. The predicted octanol–water partition coefficient (Wildman–Crippen LogP) is -0.801. The lowest BCUT2D eigenvalue weighted by Gasteiger charge is -2.20. The van der Waals surface area contributed by atoms with Crippen LogP contribution in [0.15, 0.2) is 5.16 Å². The van der Waals surface area contributed by atoms with Gasteiger partial charge in [-0.2, -0.15) is 0 Å². The summed E-state index contributed by atoms with van der Waals surface area (Å²) in [7, 11) is 0. The van der Waals surface area contributed by atoms with Crippen molar-refractivity contribution in [3.8, 4) is 0 Å². The van der Waals surface area contributed by atoms with Crippen molar-refractivity contribution in [3.63, 3.8) is 0 Å². The molecule has 2 aliphatic heterocycles. The number of likely N-dealkylation sites (tertiary alicyclic amines) is 1. The molecule has 2 atom stereocenters. The Balaban J connectivity index is 1.93. The van der Waals surface area contributed by atoms with Gasteiger partial charge in [0.15, 0.2) is 5.71 Å². The number of hydrogen-bond acceptors (Lipinski definition) is 5. The largest absolute Gasteiger partial charge is 0.477 e. The normalized spacial score (nSPS) is 32.2. The fourth-order valence-electron chi connectivity index (χ4n) is 1.97. The summed E-state index contributed by atoms with van der Waals surface area (Å²) in [5.74, 6) is -1.49. The summed E-state index contributed by atoms with van der Waals surface area (Å²) in [4.78, 5) is 28.8. The molecule has 0 aromatic heterocycles. The van der Waals surface area contributed by atoms with E-state index in [-0.39, 0.29) is 24.6 Å². The Morgan fingerprint density at radius 2 is 2.29 bits per heavy atom. The molecular formula is C10H14N2O5. The molecule has 1 saturated heterocycles. The van der Waals surface area contributed by atoms with Crippen LogP contribution in [0.25, 0.3) is 0 Å². The lowest BCUT2D eigenvalue weighted by Crippen LogP contribution is -2.40. The SMILES string of the molecule is CC1(O)CCN(C(=O)C2CC(C(=O)O)=NO2)C1. The van der Waals surface area contributed by atoms with Gasteiger partial charge in [-0.3, -0.25) is 4.79 Å². The minimum Gasteiger partial charge on any atom is -0.477 e. The lowest BCUT2D eigenvalue weighted by molar-refractivity contribution is -0.141. The molecule has 0 saturated carbocycles. The van der Waals surface area contributed by atoms with Crippen molar-refractivity contribution in [2.45, 2.75) is 31.5 Å². The molecule has 0 aliphatic carbocycles. The van der Waals surface area contributed by atoms with E-state index in [4.69, 9.17) is 9.94 Å². The van der Waals surface area contributed by atoms with Crippen molar-refractivity contribution in [2.75, 3.05) is 13.1 Å². The third-order valence-electron chi connectivity index (χ3n) is 2.95. The first kappa shape index (κ1) is 11.8. The van der Waals surface area contributed by atoms with Crippen LogP contribution < -0.4 is 0 Å². The summed E-state index contributed by atoms with van der Waals surface area (Å²) in [6, 6.07) is 0. The van der Waals surface area contributed by atoms with E-state index in [1.807, 2.05) is 0 Å². The van der Waals surface area contributed by atoms with E-state index in [2.05, 4.69) is 5.16 Å². The molecule has 0 bridgehead atoms. The molecular weight excluding hydrogens is 228 g/mol. The number of carbonyl (C=O) groups is 2. The Bertz CT molecular complexity index is 390. The molecule has 1 fully saturated rings. The zero-order chi connectivity index (χ0) is 12.6. The van der Waals surface area contributed by atoms with Gasteiger partial charge >= 0.3 is 5.97 Å². The van der Waals surface area contributed by atoms with E-state index in [0.717, 1.165) is 0 Å². The maximum Gasteiger partial charge on any atom is 0.353 e. The van der Waals surface area contributed by atoms with Gasteiger partial charge in [-0.15, -0.1) is 0 Å². The number of carboxylic acid groups (broad SMARTS) is 1. The van der Waals surface area contributed by atoms with Crippen LogP contribution in [-0.4, -0.2) is 57.5 Å². The predicted molar refractivity (Wildman–Crippen MR) is 56.4 cm³/mol. The molecule has 2 aliphatic rings. The van der Waals surface area contributed by atoms with Crippen molar-refractivity contribution in [2.24, 2.45) is 5.16 Å². The highest BCUT2D eigenvalue weighted by Gasteiger charge is 2.40. The summed E-state index contributed by atoms with van der Waals surface area (Å²) in [6.07, 6.45) is -0.375. The van der Waals surface area contributed by atoms with Crippen LogP contribution in [0.1, 0.15) is 19.8 Å². The zero-order valence-electron chi connectivity index (χ0n) is 9.42. The molecule has 7 nitrogen and oxygen atoms in total. The summed E-state index contributed by atoms with van der Waals surface area (Å²) in [5.41, 5.74) is -1.01. The highest BCUT2D eigenvalue weighted by molar-refractivity contribution is 6.36. The second-order valence-electron chi connectivity index (χ2n) is 4.65. The quantitative estimate of drug-likeness (QED) is 0.660. The Kier molecular flexibility index (Phi) is 2.78. The monoisotopic (exact) mass is 242 g/mol. The van der Waals surface area contributed by atoms with Crippen LogP contribution in [0.4, 0.5) is 0 Å². The Morgan fingerprint density at radius 1 is 1.59 bits per heavy atom. The molecule has 0 aromatic rings. The van der Waals surface area contributed by atoms with Crippen molar-refractivity contribution < 1.29 is 24.6 Å². The molecule has 94 valence electrons. The van der Waals surface area contributed by atoms with Crippen LogP contribution in [0.3, 0.4) is 0 Å². The number of carbonyl (C=O) groups excluding carboxylic acids is 1. The fraction of sp³-hybridized carbons (Fsp3) is 0.700. The molecule has 7 heteroatoms. The zero-order valence-corrected chi connectivity index (χ0v) is 9.42. The molecule has 2 N–H and O–H groups in total. The summed E-state index contributed by atoms with van der Waals surface area (Å²) in [6.45, 7) is 2.36. The van der Waals surface area contributed by atoms with Gasteiger partial charge in [0.2, 0.25) is 6.10 Å². The van der Waals surface area contributed by atoms with Crippen LogP contribution >= 0.6 is 0 Å². The van der Waals surface area contributed by atoms with Gasteiger partial charge in [-0.25, -0.2) is 4.79 Å². The summed E-state index contributed by atoms with van der Waals surface area (Å²) in [5, 5.41) is 21.8. The Hall–Kier alpha value is -1.63. The van der Waals surface area contributed by atoms with E-state index in [0.29, 0.717) is 13.0 Å². The standard InChI is InChI=1S/C10H14N2O5/c1-10(16)2-3-12(5-10)8(13)7-4-6(9(14)15)11-17-7/h7,16H,2-5H2,1H3,(H,14,15). The van der Waals surface area contributed by atoms with Gasteiger partial charge in [0.25, 0.3) is 5.91 Å². The average molecular weight is 242 g/mol. The van der Waals surface area contributed by atoms with Gasteiger partial charge in [0.1, 0.15) is 0 Å². The van der Waals surface area contributed by atoms with Gasteiger partial charge in [-0.05, 0) is 13.3 Å². The Morgan fingerprint density at radius 3 is 2.76 bits per heavy atom. The molecule has 0 aromatic carbocycles. The molecule has 1 amide bonds. The number of oxime groups is 1. The molecule has 0 radical (unpaired) electrons. The first-order valence-electron chi connectivity index (χ1n) is 5.36. The van der Waals surface area contributed by atoms with Crippen molar-refractivity contribution in [1.29, 1.82) is 0 Å². The highest BCUT2D eigenvalue weighted by atomic mass is 16.6. The van der Waals surface area contributed by atoms with Crippen molar-refractivity contribution >= 4 is 17.6 Å². The third kappa shape index (κ3) is 2.38. The first-order valence-corrected chi connectivity index (χ1v) is 5.36. The molecule has 2 unspecified atom stereocenters. The summed E-state index contributed by atoms with van der Waals surface area (Å²) < 4.78 is 0. The van der Waals surface area contributed by atoms with Crippen LogP contribution in [0.2, 0.25) is 0 Å². The second-order valence-corrected chi connectivity index (χ2v) is 4.65. The first-order chi connectivity index (χ1) is 7.89. The number of β-amino-alcohol motifs (C(OH)–C–C–N with tert-alkyl or cyclic N) is 1. The number of carboxylic acids is 1. The highest BCUT2D eigenvalue weighted by Crippen LogP contribution is 2.23. The number of nitrogens with zero attached hydrogens (tertiary/aromatic N) is 2. The second kappa shape index (κ2) is 3.99. The van der Waals surface area contributed by atoms with Crippen LogP contribution in [-0.2, 0) is 14.4 Å². The maximum atomic E-state index is 11.9. The fourth-order valence-corrected chi connectivity index (χ4v) is 1.97. The number of rotatable bonds is 2. The Labute approximate surface area is 97.6 Å². The minimum atomic E-state index is -1.17. The molecule has 2 heterocycles. The third-order valence-corrected chi connectivity index (χ3v) is 2.95. The van der Waals surface area contributed by atoms with Crippen molar-refractivity contribution in [1.82, 2.24) is 4.90 Å². The molecule has 2 rings (SSSR count). The topological polar surface area (TPSA) is 99.4 Å². The maximum absolute atomic E-state index is 11.9. The number of aliphatic hydroxyl groups is 1. The minimum absolute atomic E-state index is 0.0210. The van der Waals surface area contributed by atoms with Crippen LogP contribution in [0.5, 0.6) is 0 Å². The van der Waals surface area contributed by atoms with Gasteiger partial charge in [-0.1, -0.05) is 5.16 Å². The number of hydrogen-bond donors (Lipinski definition) is 2.